The fraction of sp³-hybridized carbons (Fsp3) is 0.111. The first kappa shape index (κ1) is 11.3. The predicted octanol–water partition coefficient (Wildman–Crippen LogP) is 3.23. The molecule has 0 radical (unpaired) electrons. The summed E-state index contributed by atoms with van der Waals surface area (Å²) in [6, 6.07) is 4.96. The van der Waals surface area contributed by atoms with E-state index in [-0.39, 0.29) is 5.56 Å². The van der Waals surface area contributed by atoms with Crippen molar-refractivity contribution >= 4 is 20.7 Å². The lowest BCUT2D eigenvalue weighted by atomic mass is 10.1. The second-order valence-corrected chi connectivity index (χ2v) is 4.33. The number of rotatable bonds is 3. The Morgan fingerprint density at radius 3 is 2.21 bits per heavy atom. The Labute approximate surface area is 87.3 Å². The molecule has 0 amide bonds. The lowest BCUT2D eigenvalue weighted by Gasteiger charge is -2.11. The van der Waals surface area contributed by atoms with Crippen LogP contribution in [0.4, 0.5) is 8.78 Å². The highest BCUT2D eigenvalue weighted by molar-refractivity contribution is 8.08. The summed E-state index contributed by atoms with van der Waals surface area (Å²) in [6.45, 7) is 3.03. The lowest BCUT2D eigenvalue weighted by molar-refractivity contribution is 0.0525. The number of alkyl halides is 2. The van der Waals surface area contributed by atoms with Crippen molar-refractivity contribution in [2.45, 2.75) is 10.8 Å². The summed E-state index contributed by atoms with van der Waals surface area (Å²) in [4.78, 5) is 0.301. The zero-order valence-corrected chi connectivity index (χ0v) is 8.62. The highest BCUT2D eigenvalue weighted by Crippen LogP contribution is 2.29. The third-order valence-electron chi connectivity index (χ3n) is 1.68. The summed E-state index contributed by atoms with van der Waals surface area (Å²) in [5.74, 6) is -3.06. The van der Waals surface area contributed by atoms with Crippen LogP contribution in [0.2, 0.25) is 0 Å². The van der Waals surface area contributed by atoms with Crippen LogP contribution in [0.25, 0.3) is 0 Å². The fourth-order valence-electron chi connectivity index (χ4n) is 0.902. The quantitative estimate of drug-likeness (QED) is 0.582. The molecule has 5 heteroatoms. The van der Waals surface area contributed by atoms with Crippen molar-refractivity contribution in [3.05, 3.63) is 42.5 Å². The van der Waals surface area contributed by atoms with E-state index in [0.29, 0.717) is 11.0 Å². The maximum Gasteiger partial charge on any atom is 0.291 e. The molecule has 0 bridgehead atoms. The van der Waals surface area contributed by atoms with Crippen LogP contribution in [0, 0.1) is 0 Å². The van der Waals surface area contributed by atoms with Gasteiger partial charge in [0.2, 0.25) is 0 Å². The van der Waals surface area contributed by atoms with Gasteiger partial charge in [-0.25, -0.2) is 4.21 Å². The van der Waals surface area contributed by atoms with Crippen molar-refractivity contribution in [3.63, 3.8) is 0 Å². The topological polar surface area (TPSA) is 17.1 Å². The third kappa shape index (κ3) is 2.39. The van der Waals surface area contributed by atoms with Gasteiger partial charge in [0.15, 0.2) is 0 Å². The first-order chi connectivity index (χ1) is 6.47. The van der Waals surface area contributed by atoms with Gasteiger partial charge in [0.25, 0.3) is 5.92 Å². The molecule has 14 heavy (non-hydrogen) atoms. The SMILES string of the molecule is C=CC(F)(F)c1ccc(S(=O)Cl)cc1. The molecule has 1 aromatic rings. The van der Waals surface area contributed by atoms with Crippen molar-refractivity contribution in [2.24, 2.45) is 0 Å². The van der Waals surface area contributed by atoms with Gasteiger partial charge in [0.1, 0.15) is 10.0 Å². The van der Waals surface area contributed by atoms with Crippen LogP contribution < -0.4 is 0 Å². The second-order valence-electron chi connectivity index (χ2n) is 2.57. The van der Waals surface area contributed by atoms with Gasteiger partial charge in [-0.1, -0.05) is 18.7 Å². The van der Waals surface area contributed by atoms with Crippen LogP contribution >= 0.6 is 10.7 Å². The minimum absolute atomic E-state index is 0.196. The van der Waals surface area contributed by atoms with Gasteiger partial charge in [-0.3, -0.25) is 0 Å². The molecule has 0 N–H and O–H groups in total. The zero-order valence-electron chi connectivity index (χ0n) is 7.04. The molecule has 0 spiro atoms. The smallest absolute Gasteiger partial charge is 0.237 e. The number of allylic oxidation sites excluding steroid dienone is 1. The summed E-state index contributed by atoms with van der Waals surface area (Å²) in [5, 5.41) is 0. The van der Waals surface area contributed by atoms with Crippen molar-refractivity contribution in [2.75, 3.05) is 0 Å². The van der Waals surface area contributed by atoms with Crippen molar-refractivity contribution in [3.8, 4) is 0 Å². The van der Waals surface area contributed by atoms with E-state index in [0.717, 1.165) is 0 Å². The van der Waals surface area contributed by atoms with E-state index in [2.05, 4.69) is 6.58 Å². The molecule has 1 aromatic carbocycles. The molecule has 1 rings (SSSR count). The maximum atomic E-state index is 13.0. The van der Waals surface area contributed by atoms with E-state index in [9.17, 15) is 13.0 Å². The van der Waals surface area contributed by atoms with Gasteiger partial charge in [-0.05, 0) is 28.9 Å². The molecule has 0 heterocycles. The zero-order chi connectivity index (χ0) is 10.8. The summed E-state index contributed by atoms with van der Waals surface area (Å²) >= 11 is 0. The molecular formula is C9H7ClF2OS. The Kier molecular flexibility index (Phi) is 3.39. The molecule has 0 fully saturated rings. The number of hydrogen-bond acceptors (Lipinski definition) is 1. The molecule has 1 unspecified atom stereocenters. The maximum absolute atomic E-state index is 13.0. The van der Waals surface area contributed by atoms with E-state index in [4.69, 9.17) is 10.7 Å². The lowest BCUT2D eigenvalue weighted by Crippen LogP contribution is -2.08. The molecule has 0 aromatic heterocycles. The Morgan fingerprint density at radius 2 is 1.86 bits per heavy atom. The molecule has 1 atom stereocenters. The fourth-order valence-corrected chi connectivity index (χ4v) is 1.56. The molecule has 76 valence electrons. The first-order valence-electron chi connectivity index (χ1n) is 3.67. The van der Waals surface area contributed by atoms with Crippen LogP contribution in [-0.4, -0.2) is 4.21 Å². The second kappa shape index (κ2) is 4.19. The molecular weight excluding hydrogens is 230 g/mol. The van der Waals surface area contributed by atoms with E-state index in [1.807, 2.05) is 0 Å². The van der Waals surface area contributed by atoms with Crippen LogP contribution in [0.15, 0.2) is 41.8 Å². The monoisotopic (exact) mass is 236 g/mol. The summed E-state index contributed by atoms with van der Waals surface area (Å²) in [6.07, 6.45) is 0.555. The van der Waals surface area contributed by atoms with E-state index in [1.54, 1.807) is 0 Å². The Bertz CT molecular complexity index is 362. The van der Waals surface area contributed by atoms with Crippen LogP contribution in [0.5, 0.6) is 0 Å². The Balaban J connectivity index is 3.05. The van der Waals surface area contributed by atoms with E-state index in [1.165, 1.54) is 24.3 Å². The van der Waals surface area contributed by atoms with Crippen LogP contribution in [0.1, 0.15) is 5.56 Å². The summed E-state index contributed by atoms with van der Waals surface area (Å²) in [7, 11) is 3.60. The van der Waals surface area contributed by atoms with Gasteiger partial charge in [-0.2, -0.15) is 8.78 Å². The average Bonchev–Trinajstić information content (AvgIpc) is 2.18. The Hall–Kier alpha value is -0.740. The molecule has 0 aliphatic rings. The highest BCUT2D eigenvalue weighted by Gasteiger charge is 2.26. The predicted molar refractivity (Wildman–Crippen MR) is 52.8 cm³/mol. The van der Waals surface area contributed by atoms with E-state index < -0.39 is 15.9 Å². The van der Waals surface area contributed by atoms with E-state index >= 15 is 0 Å². The number of hydrogen-bond donors (Lipinski definition) is 0. The molecule has 1 nitrogen and oxygen atoms in total. The first-order valence-corrected chi connectivity index (χ1v) is 5.65. The van der Waals surface area contributed by atoms with Crippen molar-refractivity contribution in [1.82, 2.24) is 0 Å². The number of benzene rings is 1. The standard InChI is InChI=1S/C9H7ClF2OS/c1-2-9(11,12)7-3-5-8(6-4-7)14(10)13/h2-6H,1H2. The number of halogens is 3. The van der Waals surface area contributed by atoms with Gasteiger partial charge in [0.05, 0.1) is 4.90 Å². The molecule has 0 aliphatic heterocycles. The minimum Gasteiger partial charge on any atom is -0.237 e. The summed E-state index contributed by atoms with van der Waals surface area (Å²) in [5.41, 5.74) is -0.196. The van der Waals surface area contributed by atoms with Gasteiger partial charge in [0, 0.05) is 5.56 Å². The van der Waals surface area contributed by atoms with Crippen molar-refractivity contribution in [1.29, 1.82) is 0 Å². The third-order valence-corrected chi connectivity index (χ3v) is 2.86. The van der Waals surface area contributed by atoms with Gasteiger partial charge >= 0.3 is 0 Å². The van der Waals surface area contributed by atoms with Crippen LogP contribution in [-0.2, 0) is 15.9 Å². The van der Waals surface area contributed by atoms with Crippen molar-refractivity contribution < 1.29 is 13.0 Å². The molecule has 0 aliphatic carbocycles. The highest BCUT2D eigenvalue weighted by atomic mass is 35.7. The van der Waals surface area contributed by atoms with Gasteiger partial charge < -0.3 is 0 Å². The summed E-state index contributed by atoms with van der Waals surface area (Å²) < 4.78 is 36.7. The molecule has 0 saturated carbocycles. The minimum atomic E-state index is -3.06. The largest absolute Gasteiger partial charge is 0.291 e. The molecule has 0 saturated heterocycles. The van der Waals surface area contributed by atoms with Crippen LogP contribution in [0.3, 0.4) is 0 Å². The Morgan fingerprint density at radius 1 is 1.36 bits per heavy atom. The normalized spacial score (nSPS) is 13.6. The van der Waals surface area contributed by atoms with Gasteiger partial charge in [-0.15, -0.1) is 0 Å². The average molecular weight is 237 g/mol.